The third-order valence-corrected chi connectivity index (χ3v) is 4.65. The highest BCUT2D eigenvalue weighted by molar-refractivity contribution is 6.31. The maximum absolute atomic E-state index is 11.2. The molecular weight excluding hydrogens is 260 g/mol. The Hall–Kier alpha value is -1.02. The van der Waals surface area contributed by atoms with Gasteiger partial charge in [0.1, 0.15) is 6.10 Å². The van der Waals surface area contributed by atoms with Crippen LogP contribution in [-0.4, -0.2) is 5.97 Å². The molecule has 2 aliphatic rings. The number of hydrogen-bond acceptors (Lipinski definition) is 2. The molecule has 1 aliphatic carbocycles. The highest BCUT2D eigenvalue weighted by Crippen LogP contribution is 2.38. The van der Waals surface area contributed by atoms with Crippen LogP contribution in [0.3, 0.4) is 0 Å². The van der Waals surface area contributed by atoms with Gasteiger partial charge in [0.25, 0.3) is 0 Å². The van der Waals surface area contributed by atoms with Gasteiger partial charge in [0.2, 0.25) is 0 Å². The van der Waals surface area contributed by atoms with E-state index in [0.717, 1.165) is 17.0 Å². The Kier molecular flexibility index (Phi) is 3.79. The summed E-state index contributed by atoms with van der Waals surface area (Å²) >= 11 is 6.44. The predicted molar refractivity (Wildman–Crippen MR) is 75.3 cm³/mol. The van der Waals surface area contributed by atoms with E-state index in [0.29, 0.717) is 12.3 Å². The van der Waals surface area contributed by atoms with Gasteiger partial charge >= 0.3 is 5.97 Å². The number of carbonyl (C=O) groups excluding carboxylic acids is 1. The zero-order valence-electron chi connectivity index (χ0n) is 11.0. The van der Waals surface area contributed by atoms with Crippen molar-refractivity contribution >= 4 is 17.6 Å². The van der Waals surface area contributed by atoms with Gasteiger partial charge in [-0.15, -0.1) is 0 Å². The molecule has 1 saturated carbocycles. The van der Waals surface area contributed by atoms with E-state index in [2.05, 4.69) is 12.1 Å². The smallest absolute Gasteiger partial charge is 0.306 e. The van der Waals surface area contributed by atoms with E-state index in [9.17, 15) is 4.79 Å². The number of esters is 1. The van der Waals surface area contributed by atoms with E-state index in [-0.39, 0.29) is 12.1 Å². The Balaban J connectivity index is 1.79. The molecule has 102 valence electrons. The van der Waals surface area contributed by atoms with Crippen LogP contribution in [0.4, 0.5) is 0 Å². The largest absolute Gasteiger partial charge is 0.457 e. The lowest BCUT2D eigenvalue weighted by Gasteiger charge is -2.23. The zero-order valence-corrected chi connectivity index (χ0v) is 11.8. The van der Waals surface area contributed by atoms with Crippen molar-refractivity contribution in [2.24, 2.45) is 0 Å². The first-order valence-electron chi connectivity index (χ1n) is 7.23. The van der Waals surface area contributed by atoms with Gasteiger partial charge in [0.15, 0.2) is 0 Å². The molecule has 0 bridgehead atoms. The second-order valence-corrected chi connectivity index (χ2v) is 6.04. The summed E-state index contributed by atoms with van der Waals surface area (Å²) in [5.41, 5.74) is 2.31. The minimum Gasteiger partial charge on any atom is -0.457 e. The quantitative estimate of drug-likeness (QED) is 0.729. The number of benzene rings is 1. The number of ether oxygens (including phenoxy) is 1. The Morgan fingerprint density at radius 3 is 2.53 bits per heavy atom. The highest BCUT2D eigenvalue weighted by atomic mass is 35.5. The van der Waals surface area contributed by atoms with E-state index in [4.69, 9.17) is 16.3 Å². The molecule has 0 spiro atoms. The minimum absolute atomic E-state index is 0.0922. The summed E-state index contributed by atoms with van der Waals surface area (Å²) in [5, 5.41) is 0.840. The first kappa shape index (κ1) is 13.0. The minimum atomic E-state index is -0.0996. The van der Waals surface area contributed by atoms with Crippen molar-refractivity contribution in [3.05, 3.63) is 34.3 Å². The third-order valence-electron chi connectivity index (χ3n) is 4.33. The molecule has 3 heteroatoms. The van der Waals surface area contributed by atoms with Crippen molar-refractivity contribution in [2.45, 2.75) is 57.0 Å². The summed E-state index contributed by atoms with van der Waals surface area (Å²) in [6.45, 7) is 0. The average molecular weight is 279 g/mol. The summed E-state index contributed by atoms with van der Waals surface area (Å²) in [6, 6.07) is 6.22. The standard InChI is InChI=1S/C16H19ClO2/c17-14-10-12(15-8-9-16(18)19-15)6-7-13(14)11-4-2-1-3-5-11/h6-7,10-11,15H,1-5,8-9H2. The summed E-state index contributed by atoms with van der Waals surface area (Å²) in [4.78, 5) is 11.2. The van der Waals surface area contributed by atoms with Crippen LogP contribution in [0.2, 0.25) is 5.02 Å². The normalized spacial score (nSPS) is 24.5. The molecule has 1 saturated heterocycles. The van der Waals surface area contributed by atoms with Crippen LogP contribution in [0, 0.1) is 0 Å². The topological polar surface area (TPSA) is 26.3 Å². The van der Waals surface area contributed by atoms with E-state index in [1.165, 1.54) is 37.7 Å². The van der Waals surface area contributed by atoms with Crippen LogP contribution in [-0.2, 0) is 9.53 Å². The Morgan fingerprint density at radius 2 is 1.89 bits per heavy atom. The van der Waals surface area contributed by atoms with Gasteiger partial charge in [-0.3, -0.25) is 4.79 Å². The van der Waals surface area contributed by atoms with Gasteiger partial charge in [-0.25, -0.2) is 0 Å². The first-order chi connectivity index (χ1) is 9.24. The van der Waals surface area contributed by atoms with E-state index in [1.807, 2.05) is 6.07 Å². The molecule has 1 aromatic rings. The summed E-state index contributed by atoms with van der Waals surface area (Å²) in [5.74, 6) is 0.513. The van der Waals surface area contributed by atoms with Gasteiger partial charge in [-0.1, -0.05) is 43.0 Å². The fourth-order valence-electron chi connectivity index (χ4n) is 3.25. The lowest BCUT2D eigenvalue weighted by Crippen LogP contribution is -2.06. The molecule has 19 heavy (non-hydrogen) atoms. The number of halogens is 1. The van der Waals surface area contributed by atoms with Crippen LogP contribution in [0.1, 0.15) is 68.1 Å². The molecule has 1 aliphatic heterocycles. The first-order valence-corrected chi connectivity index (χ1v) is 7.60. The molecule has 3 rings (SSSR count). The van der Waals surface area contributed by atoms with Crippen LogP contribution < -0.4 is 0 Å². The number of hydrogen-bond donors (Lipinski definition) is 0. The second kappa shape index (κ2) is 5.54. The molecule has 0 aromatic heterocycles. The predicted octanol–water partition coefficient (Wildman–Crippen LogP) is 4.77. The van der Waals surface area contributed by atoms with Crippen LogP contribution >= 0.6 is 11.6 Å². The van der Waals surface area contributed by atoms with Crippen LogP contribution in [0.25, 0.3) is 0 Å². The van der Waals surface area contributed by atoms with E-state index < -0.39 is 0 Å². The van der Waals surface area contributed by atoms with Gasteiger partial charge in [0, 0.05) is 11.4 Å². The zero-order chi connectivity index (χ0) is 13.2. The molecule has 1 heterocycles. The fraction of sp³-hybridized carbons (Fsp3) is 0.562. The Labute approximate surface area is 119 Å². The van der Waals surface area contributed by atoms with Crippen LogP contribution in [0.15, 0.2) is 18.2 Å². The molecule has 1 atom stereocenters. The van der Waals surface area contributed by atoms with Gasteiger partial charge in [0.05, 0.1) is 0 Å². The molecule has 2 fully saturated rings. The number of carbonyl (C=O) groups is 1. The van der Waals surface area contributed by atoms with Crippen molar-refractivity contribution in [1.82, 2.24) is 0 Å². The maximum atomic E-state index is 11.2. The lowest BCUT2D eigenvalue weighted by molar-refractivity contribution is -0.141. The van der Waals surface area contributed by atoms with Crippen molar-refractivity contribution in [2.75, 3.05) is 0 Å². The lowest BCUT2D eigenvalue weighted by atomic mass is 9.83. The molecule has 0 N–H and O–H groups in total. The average Bonchev–Trinajstić information content (AvgIpc) is 2.86. The maximum Gasteiger partial charge on any atom is 0.306 e. The summed E-state index contributed by atoms with van der Waals surface area (Å²) < 4.78 is 5.29. The van der Waals surface area contributed by atoms with E-state index >= 15 is 0 Å². The molecule has 0 radical (unpaired) electrons. The molecule has 1 aromatic carbocycles. The van der Waals surface area contributed by atoms with Crippen molar-refractivity contribution in [3.8, 4) is 0 Å². The SMILES string of the molecule is O=C1CCC(c2ccc(C3CCCCC3)c(Cl)c2)O1. The van der Waals surface area contributed by atoms with Gasteiger partial charge in [-0.05, 0) is 42.4 Å². The third kappa shape index (κ3) is 2.79. The Bertz CT molecular complexity index is 478. The summed E-state index contributed by atoms with van der Waals surface area (Å²) in [7, 11) is 0. The number of rotatable bonds is 2. The summed E-state index contributed by atoms with van der Waals surface area (Å²) in [6.07, 6.45) is 7.67. The monoisotopic (exact) mass is 278 g/mol. The fourth-order valence-corrected chi connectivity index (χ4v) is 3.59. The van der Waals surface area contributed by atoms with Crippen molar-refractivity contribution < 1.29 is 9.53 Å². The van der Waals surface area contributed by atoms with Gasteiger partial charge in [-0.2, -0.15) is 0 Å². The molecule has 0 amide bonds. The Morgan fingerprint density at radius 1 is 1.11 bits per heavy atom. The van der Waals surface area contributed by atoms with Gasteiger partial charge < -0.3 is 4.74 Å². The van der Waals surface area contributed by atoms with Crippen LogP contribution in [0.5, 0.6) is 0 Å². The number of cyclic esters (lactones) is 1. The second-order valence-electron chi connectivity index (χ2n) is 5.63. The highest BCUT2D eigenvalue weighted by Gasteiger charge is 2.26. The molecular formula is C16H19ClO2. The van der Waals surface area contributed by atoms with Crippen molar-refractivity contribution in [3.63, 3.8) is 0 Å². The molecule has 1 unspecified atom stereocenters. The molecule has 2 nitrogen and oxygen atoms in total. The van der Waals surface area contributed by atoms with E-state index in [1.54, 1.807) is 0 Å². The van der Waals surface area contributed by atoms with Crippen molar-refractivity contribution in [1.29, 1.82) is 0 Å².